The maximum atomic E-state index is 15.0. The third kappa shape index (κ3) is 23.6. The van der Waals surface area contributed by atoms with Crippen LogP contribution in [0.2, 0.25) is 0 Å². The summed E-state index contributed by atoms with van der Waals surface area (Å²) >= 11 is 0. The fraction of sp³-hybridized carbons (Fsp3) is 0.616. The first-order chi connectivity index (χ1) is 49.2. The second kappa shape index (κ2) is 40.6. The summed E-state index contributed by atoms with van der Waals surface area (Å²) in [4.78, 5) is 199. The molecule has 0 spiro atoms. The Bertz CT molecular complexity index is 3340. The SMILES string of the molecule is CC[C@H](C)[C@@H](C(CC(=O)N1CCC[C@H]1[C@H](OC)[C@@H](C)C(=O)N[C@H](C)[C@@H](O)c1ccccc1)OC)N(C)C(=O)C(NC(=O)[C@H](C(C)C)N(C)C(=O)OC(C(=O)ON1C(=O)CCC1=O)c1ccc(NC(=O)[C@H](CCCNC(N)=O)NC(=O)[C@@H](NC(=O)CCCCCN2C(=O)C=CC2=O)C(C)C)cc1)C(C)C. The van der Waals surface area contributed by atoms with Crippen molar-refractivity contribution in [2.45, 2.75) is 213 Å². The molecule has 0 radical (unpaired) electrons. The number of unbranched alkanes of at least 4 members (excludes halogenated alkanes) is 2. The predicted molar refractivity (Wildman–Crippen MR) is 380 cm³/mol. The standard InChI is InChI=1S/C73H108N12O19/c1-15-44(8)62(52(101-13)40-58(91)83-39-23-27-51(83)64(102-14)45(9)66(93)76-46(10)63(92)47-24-18-16-19-25-47)81(11)70(97)60(42(4)5)80-69(96)61(43(6)7)82(12)73(100)103-65(71(98)104-85-56(89)35-36-57(85)90)48-29-31-49(32-30-48)77-67(94)50(26-22-37-75-72(74)99)78-68(95)59(41(2)3)79-53(86)28-20-17-21-38-84-54(87)33-34-55(84)88/h16,18-19,24-25,29-34,41-46,50-52,59-65,92H,15,17,20-23,26-28,35-40H2,1-14H3,(H,76,93)(H,77,94)(H,78,95)(H,79,86)(H,80,96)(H3,74,75,99)/t44-,45+,46+,50-,51-,52?,59-,60?,61-,62-,63+,64+,65?/m0/s1. The first-order valence-electron chi connectivity index (χ1n) is 35.7. The van der Waals surface area contributed by atoms with E-state index >= 15 is 4.79 Å². The number of hydrogen-bond acceptors (Lipinski definition) is 19. The molecular formula is C73H108N12O19. The average Bonchev–Trinajstić information content (AvgIpc) is 1.23. The van der Waals surface area contributed by atoms with Gasteiger partial charge in [-0.2, -0.15) is 0 Å². The van der Waals surface area contributed by atoms with Gasteiger partial charge in [0, 0.05) is 90.6 Å². The molecule has 2 fully saturated rings. The second-order valence-corrected chi connectivity index (χ2v) is 27.9. The summed E-state index contributed by atoms with van der Waals surface area (Å²) < 4.78 is 17.9. The van der Waals surface area contributed by atoms with Crippen LogP contribution in [0.5, 0.6) is 0 Å². The highest BCUT2D eigenvalue weighted by Gasteiger charge is 2.45. The Hall–Kier alpha value is -9.36. The number of aliphatic hydroxyl groups is 1. The van der Waals surface area contributed by atoms with Gasteiger partial charge in [0.15, 0.2) is 0 Å². The molecule has 104 heavy (non-hydrogen) atoms. The number of carbonyl (C=O) groups is 14. The van der Waals surface area contributed by atoms with Gasteiger partial charge in [-0.25, -0.2) is 14.4 Å². The van der Waals surface area contributed by atoms with Crippen LogP contribution < -0.4 is 37.6 Å². The third-order valence-electron chi connectivity index (χ3n) is 19.2. The van der Waals surface area contributed by atoms with Crippen LogP contribution in [0.15, 0.2) is 66.7 Å². The lowest BCUT2D eigenvalue weighted by atomic mass is 9.89. The van der Waals surface area contributed by atoms with E-state index in [1.54, 1.807) is 91.6 Å². The molecule has 3 aliphatic heterocycles. The molecule has 2 aromatic rings. The maximum absolute atomic E-state index is 15.0. The summed E-state index contributed by atoms with van der Waals surface area (Å²) in [6.45, 7) is 18.0. The zero-order valence-electron chi connectivity index (χ0n) is 62.3. The summed E-state index contributed by atoms with van der Waals surface area (Å²) in [7, 11) is 5.74. The molecule has 9 N–H and O–H groups in total. The molecule has 0 aromatic heterocycles. The van der Waals surface area contributed by atoms with Crippen molar-refractivity contribution in [1.82, 2.24) is 51.2 Å². The van der Waals surface area contributed by atoms with Crippen LogP contribution in [0.3, 0.4) is 0 Å². The summed E-state index contributed by atoms with van der Waals surface area (Å²) in [6, 6.07) is 6.47. The van der Waals surface area contributed by atoms with Crippen molar-refractivity contribution >= 4 is 88.8 Å². The van der Waals surface area contributed by atoms with Crippen molar-refractivity contribution in [2.24, 2.45) is 35.3 Å². The number of nitrogens with zero attached hydrogens (tertiary/aromatic N) is 5. The number of carbonyl (C=O) groups excluding carboxylic acids is 14. The van der Waals surface area contributed by atoms with E-state index in [-0.39, 0.29) is 85.7 Å². The van der Waals surface area contributed by atoms with Gasteiger partial charge >= 0.3 is 18.1 Å². The minimum absolute atomic E-state index is 0.0235. The Morgan fingerprint density at radius 1 is 0.683 bits per heavy atom. The molecule has 13 atom stereocenters. The first kappa shape index (κ1) is 85.3. The van der Waals surface area contributed by atoms with Crippen molar-refractivity contribution in [3.63, 3.8) is 0 Å². The number of amides is 14. The van der Waals surface area contributed by atoms with Gasteiger partial charge in [-0.05, 0) is 86.8 Å². The molecule has 0 aliphatic carbocycles. The summed E-state index contributed by atoms with van der Waals surface area (Å²) in [5, 5.41) is 27.6. The van der Waals surface area contributed by atoms with Crippen molar-refractivity contribution in [3.05, 3.63) is 77.9 Å². The number of nitrogens with two attached hydrogens (primary N) is 1. The van der Waals surface area contributed by atoms with E-state index in [0.29, 0.717) is 50.6 Å². The lowest BCUT2D eigenvalue weighted by Crippen LogP contribution is -2.60. The molecule has 31 nitrogen and oxygen atoms in total. The normalized spacial score (nSPS) is 17.9. The van der Waals surface area contributed by atoms with Gasteiger partial charge in [0.1, 0.15) is 24.2 Å². The van der Waals surface area contributed by atoms with Crippen LogP contribution >= 0.6 is 0 Å². The Morgan fingerprint density at radius 3 is 1.88 bits per heavy atom. The lowest BCUT2D eigenvalue weighted by molar-refractivity contribution is -0.204. The highest BCUT2D eigenvalue weighted by molar-refractivity contribution is 6.13. The molecule has 2 saturated heterocycles. The van der Waals surface area contributed by atoms with Crippen LogP contribution in [-0.2, 0) is 76.6 Å². The smallest absolute Gasteiger partial charge is 0.411 e. The Kier molecular flexibility index (Phi) is 33.3. The number of nitrogens with one attached hydrogen (secondary N) is 6. The van der Waals surface area contributed by atoms with Gasteiger partial charge in [-0.15, -0.1) is 5.06 Å². The Morgan fingerprint density at radius 2 is 1.31 bits per heavy atom. The number of likely N-dealkylation sites (N-methyl/N-ethyl adjacent to an activating group) is 2. The number of anilines is 1. The Balaban J connectivity index is 1.30. The van der Waals surface area contributed by atoms with E-state index in [0.717, 1.165) is 9.80 Å². The van der Waals surface area contributed by atoms with Crippen LogP contribution in [0.4, 0.5) is 15.3 Å². The number of hydroxylamine groups is 2. The number of hydrogen-bond donors (Lipinski definition) is 8. The number of likely N-dealkylation sites (tertiary alicyclic amines) is 1. The number of rotatable bonds is 40. The molecular weight excluding hydrogens is 1350 g/mol. The molecule has 3 unspecified atom stereocenters. The van der Waals surface area contributed by atoms with Gasteiger partial charge in [0.05, 0.1) is 48.8 Å². The number of benzene rings is 2. The van der Waals surface area contributed by atoms with Crippen molar-refractivity contribution in [2.75, 3.05) is 53.3 Å². The highest BCUT2D eigenvalue weighted by atomic mass is 16.7. The molecule has 14 amide bonds. The van der Waals surface area contributed by atoms with Crippen LogP contribution in [0.25, 0.3) is 0 Å². The molecule has 2 aromatic carbocycles. The molecule has 0 saturated carbocycles. The largest absolute Gasteiger partial charge is 0.429 e. The number of aliphatic hydroxyl groups excluding tert-OH is 1. The minimum Gasteiger partial charge on any atom is -0.429 e. The average molecular weight is 1460 g/mol. The van der Waals surface area contributed by atoms with Crippen molar-refractivity contribution in [1.29, 1.82) is 0 Å². The number of primary amides is 1. The molecule has 31 heteroatoms. The van der Waals surface area contributed by atoms with Crippen LogP contribution in [0, 0.1) is 29.6 Å². The van der Waals surface area contributed by atoms with E-state index in [2.05, 4.69) is 31.9 Å². The Labute approximate surface area is 608 Å². The van der Waals surface area contributed by atoms with E-state index in [1.807, 2.05) is 19.9 Å². The van der Waals surface area contributed by atoms with Crippen LogP contribution in [-0.4, -0.2) is 215 Å². The van der Waals surface area contributed by atoms with Gasteiger partial charge in [0.2, 0.25) is 47.5 Å². The third-order valence-corrected chi connectivity index (χ3v) is 19.2. The van der Waals surface area contributed by atoms with E-state index in [9.17, 15) is 67.4 Å². The topological polar surface area (TPSA) is 411 Å². The first-order valence-corrected chi connectivity index (χ1v) is 35.7. The number of ether oxygens (including phenoxy) is 3. The van der Waals surface area contributed by atoms with E-state index < -0.39 is 162 Å². The van der Waals surface area contributed by atoms with Crippen molar-refractivity contribution < 1.29 is 91.3 Å². The molecule has 5 rings (SSSR count). The monoisotopic (exact) mass is 1460 g/mol. The summed E-state index contributed by atoms with van der Waals surface area (Å²) in [5.74, 6) is -10.5. The second-order valence-electron chi connectivity index (χ2n) is 27.9. The molecule has 0 bridgehead atoms. The number of methoxy groups -OCH3 is 2. The number of urea groups is 1. The fourth-order valence-corrected chi connectivity index (χ4v) is 13.1. The number of imide groups is 2. The van der Waals surface area contributed by atoms with Gasteiger partial charge in [-0.1, -0.05) is 118 Å². The quantitative estimate of drug-likeness (QED) is 0.0342. The summed E-state index contributed by atoms with van der Waals surface area (Å²) in [6.07, 6.45) is -0.968. The fourth-order valence-electron chi connectivity index (χ4n) is 13.1. The lowest BCUT2D eigenvalue weighted by Gasteiger charge is -2.41. The maximum Gasteiger partial charge on any atom is 0.411 e. The minimum atomic E-state index is -2.04. The molecule has 574 valence electrons. The molecule has 3 heterocycles. The predicted octanol–water partition coefficient (Wildman–Crippen LogP) is 4.23. The van der Waals surface area contributed by atoms with Gasteiger partial charge in [-0.3, -0.25) is 62.5 Å². The van der Waals surface area contributed by atoms with E-state index in [1.165, 1.54) is 62.6 Å². The zero-order chi connectivity index (χ0) is 77.4. The van der Waals surface area contributed by atoms with Gasteiger partial charge < -0.3 is 71.6 Å². The van der Waals surface area contributed by atoms with Crippen molar-refractivity contribution in [3.8, 4) is 0 Å². The molecule has 3 aliphatic rings. The summed E-state index contributed by atoms with van der Waals surface area (Å²) in [5.41, 5.74) is 5.89. The van der Waals surface area contributed by atoms with E-state index in [4.69, 9.17) is 24.8 Å². The van der Waals surface area contributed by atoms with Gasteiger partial charge in [0.25, 0.3) is 23.6 Å². The van der Waals surface area contributed by atoms with Crippen LogP contribution in [0.1, 0.15) is 170 Å². The highest BCUT2D eigenvalue weighted by Crippen LogP contribution is 2.32. The zero-order valence-corrected chi connectivity index (χ0v) is 62.3.